The minimum absolute atomic E-state index is 0.290. The highest BCUT2D eigenvalue weighted by Gasteiger charge is 2.08. The van der Waals surface area contributed by atoms with E-state index >= 15 is 0 Å². The zero-order valence-corrected chi connectivity index (χ0v) is 10.7. The Bertz CT molecular complexity index is 430. The van der Waals surface area contributed by atoms with Crippen LogP contribution in [-0.2, 0) is 11.3 Å². The van der Waals surface area contributed by atoms with Crippen LogP contribution in [0.2, 0.25) is 0 Å². The Hall–Kier alpha value is -1.35. The van der Waals surface area contributed by atoms with Crippen molar-refractivity contribution < 1.29 is 4.79 Å². The van der Waals surface area contributed by atoms with E-state index in [1.165, 1.54) is 4.88 Å². The summed E-state index contributed by atoms with van der Waals surface area (Å²) in [4.78, 5) is 14.0. The predicted octanol–water partition coefficient (Wildman–Crippen LogP) is 0.366. The summed E-state index contributed by atoms with van der Waals surface area (Å²) in [7, 11) is 0. The Morgan fingerprint density at radius 1 is 1.59 bits per heavy atom. The van der Waals surface area contributed by atoms with Gasteiger partial charge in [-0.1, -0.05) is 18.8 Å². The minimum Gasteiger partial charge on any atom is -0.369 e. The number of hydrogen-bond acceptors (Lipinski definition) is 4. The van der Waals surface area contributed by atoms with Crippen molar-refractivity contribution in [3.8, 4) is 11.8 Å². The van der Waals surface area contributed by atoms with Crippen LogP contribution in [0.25, 0.3) is 0 Å². The summed E-state index contributed by atoms with van der Waals surface area (Å²) in [6.07, 6.45) is 0. The number of nitrogens with two attached hydrogens (primary N) is 2. The average molecular weight is 251 g/mol. The van der Waals surface area contributed by atoms with Gasteiger partial charge in [0.2, 0.25) is 5.91 Å². The number of thiophene rings is 1. The van der Waals surface area contributed by atoms with Crippen molar-refractivity contribution in [2.75, 3.05) is 19.6 Å². The Morgan fingerprint density at radius 3 is 2.94 bits per heavy atom. The molecule has 0 saturated heterocycles. The van der Waals surface area contributed by atoms with E-state index in [0.717, 1.165) is 18.7 Å². The Morgan fingerprint density at radius 2 is 2.35 bits per heavy atom. The van der Waals surface area contributed by atoms with Crippen molar-refractivity contribution in [2.24, 2.45) is 11.5 Å². The van der Waals surface area contributed by atoms with E-state index in [2.05, 4.69) is 11.8 Å². The van der Waals surface area contributed by atoms with Crippen LogP contribution in [0.5, 0.6) is 0 Å². The van der Waals surface area contributed by atoms with Gasteiger partial charge < -0.3 is 11.5 Å². The van der Waals surface area contributed by atoms with Crippen LogP contribution in [0, 0.1) is 11.8 Å². The molecule has 0 atom stereocenters. The first-order chi connectivity index (χ1) is 8.15. The molecule has 1 heterocycles. The standard InChI is InChI=1S/C12H17N3OS/c1-2-15(8-12(14)16)7-11-6-10(9-17-11)4-3-5-13/h6,9H,2,5,7-8,13H2,1H3,(H2,14,16). The highest BCUT2D eigenvalue weighted by Crippen LogP contribution is 2.15. The summed E-state index contributed by atoms with van der Waals surface area (Å²) in [6.45, 7) is 4.19. The lowest BCUT2D eigenvalue weighted by Gasteiger charge is -2.16. The van der Waals surface area contributed by atoms with Crippen LogP contribution in [0.1, 0.15) is 17.4 Å². The summed E-state index contributed by atoms with van der Waals surface area (Å²) in [6, 6.07) is 2.02. The molecule has 0 aromatic carbocycles. The van der Waals surface area contributed by atoms with Crippen LogP contribution in [0.15, 0.2) is 11.4 Å². The zero-order valence-electron chi connectivity index (χ0n) is 9.90. The third-order valence-corrected chi connectivity index (χ3v) is 3.12. The number of nitrogens with zero attached hydrogens (tertiary/aromatic N) is 1. The molecule has 17 heavy (non-hydrogen) atoms. The topological polar surface area (TPSA) is 72.3 Å². The van der Waals surface area contributed by atoms with Gasteiger partial charge in [-0.15, -0.1) is 11.3 Å². The highest BCUT2D eigenvalue weighted by atomic mass is 32.1. The van der Waals surface area contributed by atoms with Crippen LogP contribution in [-0.4, -0.2) is 30.4 Å². The summed E-state index contributed by atoms with van der Waals surface area (Å²) < 4.78 is 0. The Balaban J connectivity index is 2.61. The summed E-state index contributed by atoms with van der Waals surface area (Å²) in [5.41, 5.74) is 11.5. The van der Waals surface area contributed by atoms with Gasteiger partial charge in [0.05, 0.1) is 13.1 Å². The molecule has 0 spiro atoms. The number of carbonyl (C=O) groups is 1. The first kappa shape index (κ1) is 13.7. The van der Waals surface area contributed by atoms with Gasteiger partial charge in [-0.05, 0) is 12.6 Å². The monoisotopic (exact) mass is 251 g/mol. The van der Waals surface area contributed by atoms with Crippen LogP contribution in [0.4, 0.5) is 0 Å². The maximum atomic E-state index is 10.9. The van der Waals surface area contributed by atoms with E-state index in [-0.39, 0.29) is 12.5 Å². The molecule has 0 saturated carbocycles. The number of hydrogen-bond donors (Lipinski definition) is 2. The molecule has 4 N–H and O–H groups in total. The van der Waals surface area contributed by atoms with Gasteiger partial charge in [0.15, 0.2) is 0 Å². The smallest absolute Gasteiger partial charge is 0.231 e. The van der Waals surface area contributed by atoms with Crippen molar-refractivity contribution in [1.82, 2.24) is 4.90 Å². The van der Waals surface area contributed by atoms with Crippen LogP contribution >= 0.6 is 11.3 Å². The molecule has 0 unspecified atom stereocenters. The lowest BCUT2D eigenvalue weighted by molar-refractivity contribution is -0.119. The normalized spacial score (nSPS) is 10.1. The second-order valence-electron chi connectivity index (χ2n) is 3.58. The first-order valence-corrected chi connectivity index (χ1v) is 6.30. The molecule has 4 nitrogen and oxygen atoms in total. The third kappa shape index (κ3) is 5.00. The lowest BCUT2D eigenvalue weighted by atomic mass is 10.3. The number of carbonyl (C=O) groups excluding carboxylic acids is 1. The summed E-state index contributed by atoms with van der Waals surface area (Å²) >= 11 is 1.63. The Labute approximate surface area is 106 Å². The highest BCUT2D eigenvalue weighted by molar-refractivity contribution is 7.10. The second kappa shape index (κ2) is 7.07. The van der Waals surface area contributed by atoms with Gasteiger partial charge in [0.1, 0.15) is 0 Å². The number of rotatable bonds is 5. The molecule has 0 aliphatic rings. The predicted molar refractivity (Wildman–Crippen MR) is 70.4 cm³/mol. The van der Waals surface area contributed by atoms with Gasteiger partial charge in [0.25, 0.3) is 0 Å². The Kier molecular flexibility index (Phi) is 5.70. The van der Waals surface area contributed by atoms with Crippen molar-refractivity contribution >= 4 is 17.2 Å². The molecule has 0 bridgehead atoms. The molecular formula is C12H17N3OS. The van der Waals surface area contributed by atoms with E-state index in [4.69, 9.17) is 11.5 Å². The van der Waals surface area contributed by atoms with Gasteiger partial charge in [0, 0.05) is 22.4 Å². The summed E-state index contributed by atoms with van der Waals surface area (Å²) in [5.74, 6) is 5.50. The second-order valence-corrected chi connectivity index (χ2v) is 4.57. The third-order valence-electron chi connectivity index (χ3n) is 2.19. The molecule has 0 aliphatic carbocycles. The molecule has 1 aromatic rings. The van der Waals surface area contributed by atoms with Crippen LogP contribution in [0.3, 0.4) is 0 Å². The fourth-order valence-corrected chi connectivity index (χ4v) is 2.26. The SMILES string of the molecule is CCN(CC(N)=O)Cc1cc(C#CCN)cs1. The molecule has 0 radical (unpaired) electrons. The van der Waals surface area contributed by atoms with E-state index < -0.39 is 0 Å². The van der Waals surface area contributed by atoms with Gasteiger partial charge in [-0.2, -0.15) is 0 Å². The van der Waals surface area contributed by atoms with E-state index in [1.807, 2.05) is 23.3 Å². The number of primary amides is 1. The molecule has 0 aliphatic heterocycles. The molecule has 0 fully saturated rings. The molecule has 92 valence electrons. The number of amides is 1. The summed E-state index contributed by atoms with van der Waals surface area (Å²) in [5, 5.41) is 2.00. The molecule has 5 heteroatoms. The van der Waals surface area contributed by atoms with E-state index in [9.17, 15) is 4.79 Å². The first-order valence-electron chi connectivity index (χ1n) is 5.42. The van der Waals surface area contributed by atoms with Crippen molar-refractivity contribution in [3.63, 3.8) is 0 Å². The minimum atomic E-state index is -0.299. The molecular weight excluding hydrogens is 234 g/mol. The quantitative estimate of drug-likeness (QED) is 0.742. The fourth-order valence-electron chi connectivity index (χ4n) is 1.40. The van der Waals surface area contributed by atoms with Crippen molar-refractivity contribution in [1.29, 1.82) is 0 Å². The van der Waals surface area contributed by atoms with E-state index in [1.54, 1.807) is 11.3 Å². The van der Waals surface area contributed by atoms with Gasteiger partial charge in [-0.25, -0.2) is 0 Å². The average Bonchev–Trinajstić information content (AvgIpc) is 2.72. The van der Waals surface area contributed by atoms with Crippen molar-refractivity contribution in [2.45, 2.75) is 13.5 Å². The van der Waals surface area contributed by atoms with Crippen LogP contribution < -0.4 is 11.5 Å². The fraction of sp³-hybridized carbons (Fsp3) is 0.417. The largest absolute Gasteiger partial charge is 0.369 e. The van der Waals surface area contributed by atoms with Gasteiger partial charge in [-0.3, -0.25) is 9.69 Å². The van der Waals surface area contributed by atoms with Crippen molar-refractivity contribution in [3.05, 3.63) is 21.9 Å². The lowest BCUT2D eigenvalue weighted by Crippen LogP contribution is -2.32. The molecule has 1 amide bonds. The zero-order chi connectivity index (χ0) is 12.7. The number of likely N-dealkylation sites (N-methyl/N-ethyl adjacent to an activating group) is 1. The maximum absolute atomic E-state index is 10.9. The maximum Gasteiger partial charge on any atom is 0.231 e. The van der Waals surface area contributed by atoms with E-state index in [0.29, 0.717) is 6.54 Å². The molecule has 1 rings (SSSR count). The van der Waals surface area contributed by atoms with Gasteiger partial charge >= 0.3 is 0 Å². The molecule has 1 aromatic heterocycles.